The van der Waals surface area contributed by atoms with Crippen molar-refractivity contribution in [2.75, 3.05) is 13.1 Å². The zero-order chi connectivity index (χ0) is 16.5. The number of unbranched alkanes of at least 4 members (excludes halogenated alkanes) is 4. The smallest absolute Gasteiger partial charge is 0.269 e. The lowest BCUT2D eigenvalue weighted by Crippen LogP contribution is -2.24. The zero-order valence-corrected chi connectivity index (χ0v) is 14.7. The van der Waals surface area contributed by atoms with Crippen molar-refractivity contribution in [2.24, 2.45) is 5.73 Å². The molecule has 0 radical (unpaired) electrons. The Balaban J connectivity index is 1.76. The van der Waals surface area contributed by atoms with E-state index >= 15 is 0 Å². The molecule has 0 saturated carbocycles. The van der Waals surface area contributed by atoms with Crippen LogP contribution in [0.2, 0.25) is 0 Å². The van der Waals surface area contributed by atoms with Crippen LogP contribution in [0.3, 0.4) is 0 Å². The van der Waals surface area contributed by atoms with Gasteiger partial charge in [0.1, 0.15) is 5.69 Å². The van der Waals surface area contributed by atoms with Crippen LogP contribution in [0.25, 0.3) is 11.3 Å². The first-order chi connectivity index (χ1) is 11.2. The Morgan fingerprint density at radius 1 is 1.13 bits per heavy atom. The SMILES string of the molecule is NCCCCCCCNC(=O)c1cc(-c2ccc(Br)cc2)n[nH]1. The van der Waals surface area contributed by atoms with Gasteiger partial charge in [-0.25, -0.2) is 0 Å². The Morgan fingerprint density at radius 3 is 2.57 bits per heavy atom. The molecule has 0 fully saturated rings. The molecule has 23 heavy (non-hydrogen) atoms. The van der Waals surface area contributed by atoms with Gasteiger partial charge in [-0.1, -0.05) is 47.3 Å². The molecule has 0 aliphatic carbocycles. The molecule has 5 nitrogen and oxygen atoms in total. The maximum Gasteiger partial charge on any atom is 0.269 e. The van der Waals surface area contributed by atoms with Crippen molar-refractivity contribution < 1.29 is 4.79 Å². The van der Waals surface area contributed by atoms with Gasteiger partial charge in [0.2, 0.25) is 0 Å². The summed E-state index contributed by atoms with van der Waals surface area (Å²) in [6, 6.07) is 9.61. The Hall–Kier alpha value is -1.66. The molecule has 1 amide bonds. The largest absolute Gasteiger partial charge is 0.351 e. The molecule has 1 aromatic heterocycles. The summed E-state index contributed by atoms with van der Waals surface area (Å²) in [4.78, 5) is 12.1. The van der Waals surface area contributed by atoms with Crippen LogP contribution >= 0.6 is 15.9 Å². The van der Waals surface area contributed by atoms with Gasteiger partial charge in [0, 0.05) is 16.6 Å². The lowest BCUT2D eigenvalue weighted by molar-refractivity contribution is 0.0948. The zero-order valence-electron chi connectivity index (χ0n) is 13.1. The number of benzene rings is 1. The van der Waals surface area contributed by atoms with Crippen LogP contribution in [0.5, 0.6) is 0 Å². The quantitative estimate of drug-likeness (QED) is 0.584. The maximum atomic E-state index is 12.1. The molecule has 124 valence electrons. The molecule has 4 N–H and O–H groups in total. The second-order valence-corrected chi connectivity index (χ2v) is 6.40. The summed E-state index contributed by atoms with van der Waals surface area (Å²) in [5.41, 5.74) is 7.69. The number of hydrogen-bond acceptors (Lipinski definition) is 3. The predicted octanol–water partition coefficient (Wildman–Crippen LogP) is 3.48. The lowest BCUT2D eigenvalue weighted by atomic mass is 10.1. The van der Waals surface area contributed by atoms with E-state index in [0.717, 1.165) is 41.5 Å². The van der Waals surface area contributed by atoms with Crippen LogP contribution in [0, 0.1) is 0 Å². The van der Waals surface area contributed by atoms with Gasteiger partial charge < -0.3 is 11.1 Å². The Bertz CT molecular complexity index is 609. The number of H-pyrrole nitrogens is 1. The third kappa shape index (κ3) is 5.80. The van der Waals surface area contributed by atoms with Crippen molar-refractivity contribution in [2.45, 2.75) is 32.1 Å². The predicted molar refractivity (Wildman–Crippen MR) is 96.2 cm³/mol. The normalized spacial score (nSPS) is 10.7. The molecule has 0 aliphatic rings. The maximum absolute atomic E-state index is 12.1. The molecular weight excluding hydrogens is 356 g/mol. The lowest BCUT2D eigenvalue weighted by Gasteiger charge is -2.03. The van der Waals surface area contributed by atoms with E-state index in [4.69, 9.17) is 5.73 Å². The summed E-state index contributed by atoms with van der Waals surface area (Å²) in [7, 11) is 0. The van der Waals surface area contributed by atoms with E-state index in [-0.39, 0.29) is 5.91 Å². The molecule has 2 rings (SSSR count). The number of rotatable bonds is 9. The van der Waals surface area contributed by atoms with Crippen molar-refractivity contribution in [1.29, 1.82) is 0 Å². The minimum absolute atomic E-state index is 0.109. The van der Waals surface area contributed by atoms with Gasteiger partial charge in [-0.3, -0.25) is 9.89 Å². The van der Waals surface area contributed by atoms with Gasteiger partial charge in [-0.2, -0.15) is 5.10 Å². The highest BCUT2D eigenvalue weighted by Crippen LogP contribution is 2.20. The van der Waals surface area contributed by atoms with E-state index in [9.17, 15) is 4.79 Å². The van der Waals surface area contributed by atoms with E-state index in [0.29, 0.717) is 12.2 Å². The molecule has 1 heterocycles. The number of carbonyl (C=O) groups is 1. The van der Waals surface area contributed by atoms with E-state index in [1.807, 2.05) is 24.3 Å². The Labute approximate surface area is 145 Å². The summed E-state index contributed by atoms with van der Waals surface area (Å²) in [5.74, 6) is -0.109. The van der Waals surface area contributed by atoms with Gasteiger partial charge in [-0.05, 0) is 37.6 Å². The summed E-state index contributed by atoms with van der Waals surface area (Å²) >= 11 is 3.40. The van der Waals surface area contributed by atoms with Crippen LogP contribution in [-0.2, 0) is 0 Å². The number of carbonyl (C=O) groups excluding carboxylic acids is 1. The standard InChI is InChI=1S/C17H23BrN4O/c18-14-8-6-13(7-9-14)15-12-16(22-21-15)17(23)20-11-5-3-1-2-4-10-19/h6-9,12H,1-5,10-11,19H2,(H,20,23)(H,21,22). The topological polar surface area (TPSA) is 83.8 Å². The first-order valence-electron chi connectivity index (χ1n) is 8.00. The van der Waals surface area contributed by atoms with E-state index < -0.39 is 0 Å². The summed E-state index contributed by atoms with van der Waals surface area (Å²) in [5, 5.41) is 9.92. The van der Waals surface area contributed by atoms with Gasteiger partial charge in [0.25, 0.3) is 5.91 Å². The average molecular weight is 379 g/mol. The van der Waals surface area contributed by atoms with Crippen molar-refractivity contribution in [3.05, 3.63) is 40.5 Å². The van der Waals surface area contributed by atoms with Crippen molar-refractivity contribution in [3.8, 4) is 11.3 Å². The molecule has 1 aromatic carbocycles. The minimum atomic E-state index is -0.109. The van der Waals surface area contributed by atoms with E-state index in [1.165, 1.54) is 12.8 Å². The molecule has 0 bridgehead atoms. The fourth-order valence-electron chi connectivity index (χ4n) is 2.30. The summed E-state index contributed by atoms with van der Waals surface area (Å²) < 4.78 is 1.02. The molecule has 0 unspecified atom stereocenters. The van der Waals surface area contributed by atoms with Crippen LogP contribution in [-0.4, -0.2) is 29.2 Å². The second-order valence-electron chi connectivity index (χ2n) is 5.49. The first kappa shape index (κ1) is 17.7. The third-order valence-electron chi connectivity index (χ3n) is 3.63. The molecule has 0 aliphatic heterocycles. The number of nitrogens with zero attached hydrogens (tertiary/aromatic N) is 1. The van der Waals surface area contributed by atoms with Crippen LogP contribution in [0.4, 0.5) is 0 Å². The fraction of sp³-hybridized carbons (Fsp3) is 0.412. The summed E-state index contributed by atoms with van der Waals surface area (Å²) in [6.45, 7) is 1.45. The van der Waals surface area contributed by atoms with Gasteiger partial charge in [0.05, 0.1) is 5.69 Å². The molecule has 2 aromatic rings. The number of amides is 1. The molecule has 0 saturated heterocycles. The number of nitrogens with two attached hydrogens (primary N) is 1. The van der Waals surface area contributed by atoms with Crippen LogP contribution < -0.4 is 11.1 Å². The van der Waals surface area contributed by atoms with Crippen molar-refractivity contribution >= 4 is 21.8 Å². The van der Waals surface area contributed by atoms with Gasteiger partial charge >= 0.3 is 0 Å². The first-order valence-corrected chi connectivity index (χ1v) is 8.79. The number of halogens is 1. The number of aromatic amines is 1. The molecule has 0 spiro atoms. The molecular formula is C17H23BrN4O. The highest BCUT2D eigenvalue weighted by atomic mass is 79.9. The Kier molecular flexibility index (Phi) is 7.29. The molecule has 6 heteroatoms. The monoisotopic (exact) mass is 378 g/mol. The van der Waals surface area contributed by atoms with Gasteiger partial charge in [-0.15, -0.1) is 0 Å². The highest BCUT2D eigenvalue weighted by molar-refractivity contribution is 9.10. The Morgan fingerprint density at radius 2 is 1.83 bits per heavy atom. The number of aromatic nitrogens is 2. The third-order valence-corrected chi connectivity index (χ3v) is 4.16. The average Bonchev–Trinajstić information content (AvgIpc) is 3.04. The minimum Gasteiger partial charge on any atom is -0.351 e. The molecule has 0 atom stereocenters. The van der Waals surface area contributed by atoms with E-state index in [2.05, 4.69) is 31.4 Å². The fourth-order valence-corrected chi connectivity index (χ4v) is 2.57. The van der Waals surface area contributed by atoms with Crippen LogP contribution in [0.15, 0.2) is 34.8 Å². The number of hydrogen-bond donors (Lipinski definition) is 3. The van der Waals surface area contributed by atoms with Gasteiger partial charge in [0.15, 0.2) is 0 Å². The van der Waals surface area contributed by atoms with Crippen LogP contribution in [0.1, 0.15) is 42.6 Å². The second kappa shape index (κ2) is 9.47. The highest BCUT2D eigenvalue weighted by Gasteiger charge is 2.10. The summed E-state index contributed by atoms with van der Waals surface area (Å²) in [6.07, 6.45) is 5.53. The number of nitrogens with one attached hydrogen (secondary N) is 2. The van der Waals surface area contributed by atoms with E-state index in [1.54, 1.807) is 6.07 Å². The van der Waals surface area contributed by atoms with Crippen molar-refractivity contribution in [1.82, 2.24) is 15.5 Å². The van der Waals surface area contributed by atoms with Crippen molar-refractivity contribution in [3.63, 3.8) is 0 Å².